The van der Waals surface area contributed by atoms with Crippen molar-refractivity contribution < 1.29 is 18.1 Å². The molecule has 17 heavy (non-hydrogen) atoms. The van der Waals surface area contributed by atoms with Gasteiger partial charge in [0.1, 0.15) is 0 Å². The van der Waals surface area contributed by atoms with E-state index in [1.54, 1.807) is 24.3 Å². The molecule has 1 aliphatic carbocycles. The van der Waals surface area contributed by atoms with E-state index in [1.165, 1.54) is 0 Å². The van der Waals surface area contributed by atoms with E-state index in [0.717, 1.165) is 5.56 Å². The molecule has 0 heterocycles. The molecule has 0 fully saturated rings. The Bertz CT molecular complexity index is 547. The summed E-state index contributed by atoms with van der Waals surface area (Å²) in [7, 11) is -4.53. The van der Waals surface area contributed by atoms with Crippen LogP contribution in [0.1, 0.15) is 37.8 Å². The quantitative estimate of drug-likeness (QED) is 0.751. The molecule has 1 aromatic rings. The maximum atomic E-state index is 11.4. The van der Waals surface area contributed by atoms with Gasteiger partial charge in [-0.2, -0.15) is 8.42 Å². The number of fused-ring (bicyclic) bond motifs is 1. The fraction of sp³-hybridized carbons (Fsp3) is 0.500. The van der Waals surface area contributed by atoms with Crippen LogP contribution in [-0.2, 0) is 20.5 Å². The Kier molecular flexibility index (Phi) is 2.61. The second-order valence-corrected chi connectivity index (χ2v) is 6.81. The smallest absolute Gasteiger partial charge is 0.299 e. The predicted molar refractivity (Wildman–Crippen MR) is 64.1 cm³/mol. The van der Waals surface area contributed by atoms with Crippen LogP contribution in [0.25, 0.3) is 0 Å². The summed E-state index contributed by atoms with van der Waals surface area (Å²) in [6.07, 6.45) is 0.510. The van der Waals surface area contributed by atoms with E-state index in [0.29, 0.717) is 12.0 Å². The van der Waals surface area contributed by atoms with Crippen molar-refractivity contribution in [3.63, 3.8) is 0 Å². The first-order valence-electron chi connectivity index (χ1n) is 5.48. The second kappa shape index (κ2) is 3.54. The van der Waals surface area contributed by atoms with Crippen LogP contribution in [0, 0.1) is 0 Å². The Morgan fingerprint density at radius 2 is 1.65 bits per heavy atom. The molecule has 1 atom stereocenters. The lowest BCUT2D eigenvalue weighted by Crippen LogP contribution is -2.43. The third-order valence-corrected chi connectivity index (χ3v) is 4.87. The first-order valence-corrected chi connectivity index (χ1v) is 6.92. The van der Waals surface area contributed by atoms with Gasteiger partial charge >= 0.3 is 0 Å². The largest absolute Gasteiger partial charge is 0.369 e. The molecular weight excluding hydrogens is 240 g/mol. The summed E-state index contributed by atoms with van der Waals surface area (Å²) in [4.78, 5) is -2.17. The summed E-state index contributed by atoms with van der Waals surface area (Å²) in [6, 6.07) is 6.82. The van der Waals surface area contributed by atoms with Gasteiger partial charge in [0.15, 0.2) is 0 Å². The molecule has 5 heteroatoms. The maximum absolute atomic E-state index is 11.4. The second-order valence-electron chi connectivity index (χ2n) is 5.19. The zero-order valence-electron chi connectivity index (χ0n) is 9.84. The normalized spacial score (nSPS) is 27.5. The number of rotatable bonds is 1. The minimum absolute atomic E-state index is 0.00977. The molecule has 0 aliphatic heterocycles. The van der Waals surface area contributed by atoms with E-state index in [1.807, 2.05) is 13.8 Å². The predicted octanol–water partition coefficient (Wildman–Crippen LogP) is 1.79. The van der Waals surface area contributed by atoms with Crippen LogP contribution in [0.3, 0.4) is 0 Å². The molecule has 0 bridgehead atoms. The van der Waals surface area contributed by atoms with Gasteiger partial charge in [0, 0.05) is 5.56 Å². The van der Waals surface area contributed by atoms with Crippen LogP contribution in [0.15, 0.2) is 24.3 Å². The molecule has 1 unspecified atom stereocenters. The van der Waals surface area contributed by atoms with E-state index < -0.39 is 15.1 Å². The lowest BCUT2D eigenvalue weighted by Gasteiger charge is -2.40. The van der Waals surface area contributed by atoms with Crippen molar-refractivity contribution in [2.24, 2.45) is 0 Å². The summed E-state index contributed by atoms with van der Waals surface area (Å²) in [5, 5.41) is 10.3. The van der Waals surface area contributed by atoms with Crippen molar-refractivity contribution >= 4 is 10.1 Å². The molecule has 1 aliphatic rings. The molecule has 0 radical (unpaired) electrons. The highest BCUT2D eigenvalue weighted by atomic mass is 32.2. The zero-order chi connectivity index (χ0) is 12.9. The molecule has 0 saturated carbocycles. The highest BCUT2D eigenvalue weighted by molar-refractivity contribution is 7.86. The summed E-state index contributed by atoms with van der Waals surface area (Å²) < 4.78 is 32.0. The molecule has 0 aromatic heterocycles. The molecule has 94 valence electrons. The first kappa shape index (κ1) is 12.5. The van der Waals surface area contributed by atoms with Crippen LogP contribution in [0.4, 0.5) is 0 Å². The fourth-order valence-corrected chi connectivity index (χ4v) is 3.25. The molecule has 1 aromatic carbocycles. The third-order valence-electron chi connectivity index (χ3n) is 3.59. The first-order chi connectivity index (χ1) is 7.68. The van der Waals surface area contributed by atoms with Gasteiger partial charge in [-0.15, -0.1) is 0 Å². The van der Waals surface area contributed by atoms with Crippen molar-refractivity contribution in [2.45, 2.75) is 37.0 Å². The molecule has 0 amide bonds. The SMILES string of the molecule is CC1(C)CCC(O)(S(=O)(=O)O)c2ccccc21. The van der Waals surface area contributed by atoms with Gasteiger partial charge in [0.25, 0.3) is 10.1 Å². The number of hydrogen-bond donors (Lipinski definition) is 2. The van der Waals surface area contributed by atoms with Gasteiger partial charge in [-0.05, 0) is 23.8 Å². The van der Waals surface area contributed by atoms with Gasteiger partial charge in [-0.1, -0.05) is 38.1 Å². The molecule has 4 nitrogen and oxygen atoms in total. The topological polar surface area (TPSA) is 74.6 Å². The van der Waals surface area contributed by atoms with Crippen LogP contribution < -0.4 is 0 Å². The Morgan fingerprint density at radius 3 is 2.18 bits per heavy atom. The molecule has 2 rings (SSSR count). The zero-order valence-corrected chi connectivity index (χ0v) is 10.7. The average molecular weight is 256 g/mol. The maximum Gasteiger partial charge on any atom is 0.299 e. The lowest BCUT2D eigenvalue weighted by atomic mass is 9.71. The monoisotopic (exact) mass is 256 g/mol. The molecule has 0 spiro atoms. The van der Waals surface area contributed by atoms with Gasteiger partial charge < -0.3 is 5.11 Å². The minimum atomic E-state index is -4.53. The number of benzene rings is 1. The fourth-order valence-electron chi connectivity index (χ4n) is 2.43. The highest BCUT2D eigenvalue weighted by Crippen LogP contribution is 2.46. The average Bonchev–Trinajstić information content (AvgIpc) is 2.23. The van der Waals surface area contributed by atoms with E-state index in [4.69, 9.17) is 0 Å². The molecule has 2 N–H and O–H groups in total. The van der Waals surface area contributed by atoms with Crippen molar-refractivity contribution in [3.05, 3.63) is 35.4 Å². The summed E-state index contributed by atoms with van der Waals surface area (Å²) >= 11 is 0. The highest BCUT2D eigenvalue weighted by Gasteiger charge is 2.49. The van der Waals surface area contributed by atoms with E-state index >= 15 is 0 Å². The lowest BCUT2D eigenvalue weighted by molar-refractivity contribution is 0.0803. The van der Waals surface area contributed by atoms with Crippen LogP contribution in [0.2, 0.25) is 0 Å². The number of hydrogen-bond acceptors (Lipinski definition) is 3. The Morgan fingerprint density at radius 1 is 1.12 bits per heavy atom. The Hall–Kier alpha value is -0.910. The Balaban J connectivity index is 2.73. The molecule has 0 saturated heterocycles. The van der Waals surface area contributed by atoms with Gasteiger partial charge in [0.05, 0.1) is 0 Å². The standard InChI is InChI=1S/C12H16O4S/c1-11(2)7-8-12(13,17(14,15)16)10-6-4-3-5-9(10)11/h3-6,13H,7-8H2,1-2H3,(H,14,15,16). The van der Waals surface area contributed by atoms with Crippen molar-refractivity contribution in [1.82, 2.24) is 0 Å². The van der Waals surface area contributed by atoms with Crippen LogP contribution >= 0.6 is 0 Å². The van der Waals surface area contributed by atoms with Crippen molar-refractivity contribution in [2.75, 3.05) is 0 Å². The summed E-state index contributed by atoms with van der Waals surface area (Å²) in [5.41, 5.74) is 0.859. The van der Waals surface area contributed by atoms with Gasteiger partial charge in [-0.3, -0.25) is 4.55 Å². The van der Waals surface area contributed by atoms with Crippen LogP contribution in [-0.4, -0.2) is 18.1 Å². The molecular formula is C12H16O4S. The van der Waals surface area contributed by atoms with Crippen molar-refractivity contribution in [3.8, 4) is 0 Å². The van der Waals surface area contributed by atoms with Crippen molar-refractivity contribution in [1.29, 1.82) is 0 Å². The minimum Gasteiger partial charge on any atom is -0.369 e. The Labute approximate surface area is 101 Å². The van der Waals surface area contributed by atoms with E-state index in [9.17, 15) is 18.1 Å². The number of aliphatic hydroxyl groups is 1. The van der Waals surface area contributed by atoms with E-state index in [-0.39, 0.29) is 11.8 Å². The summed E-state index contributed by atoms with van der Waals surface area (Å²) in [5.74, 6) is 0. The van der Waals surface area contributed by atoms with Crippen LogP contribution in [0.5, 0.6) is 0 Å². The van der Waals surface area contributed by atoms with E-state index in [2.05, 4.69) is 0 Å². The van der Waals surface area contributed by atoms with Gasteiger partial charge in [-0.25, -0.2) is 0 Å². The summed E-state index contributed by atoms with van der Waals surface area (Å²) in [6.45, 7) is 3.99. The van der Waals surface area contributed by atoms with Gasteiger partial charge in [0.2, 0.25) is 4.93 Å². The third kappa shape index (κ3) is 1.78.